The Morgan fingerprint density at radius 1 is 0.383 bits per heavy atom. The van der Waals surface area contributed by atoms with Gasteiger partial charge in [-0.25, -0.2) is 0 Å². The van der Waals surface area contributed by atoms with Crippen molar-refractivity contribution in [2.24, 2.45) is 0 Å². The molecule has 1 aromatic heterocycles. The van der Waals surface area contributed by atoms with Crippen LogP contribution < -0.4 is 0 Å². The summed E-state index contributed by atoms with van der Waals surface area (Å²) in [4.78, 5) is 0. The first-order valence-corrected chi connectivity index (χ1v) is 15.6. The molecule has 0 saturated heterocycles. The molecule has 0 atom stereocenters. The monoisotopic (exact) mass is 603 g/mol. The van der Waals surface area contributed by atoms with Crippen LogP contribution in [0, 0.1) is 0 Å². The van der Waals surface area contributed by atoms with E-state index < -0.39 is 12.1 Å². The first-order chi connectivity index (χ1) is 26.2. The maximum Gasteiger partial charge on any atom is 0.136 e. The topological polar surface area (TPSA) is 13.1 Å². The first kappa shape index (κ1) is 20.0. The molecule has 0 N–H and O–H groups in total. The number of benzene rings is 9. The van der Waals surface area contributed by atoms with Crippen molar-refractivity contribution in [3.8, 4) is 33.4 Å². The van der Waals surface area contributed by atoms with Crippen LogP contribution in [-0.2, 0) is 0 Å². The third kappa shape index (κ3) is 3.97. The lowest BCUT2D eigenvalue weighted by Crippen LogP contribution is -1.91. The molecule has 1 heteroatoms. The standard InChI is InChI=1S/C46H28O/c1-2-13-33-28-43-41(27-32(33)12-1)46-35(20-10-22-42(46)47-43)30-23-25-31(26-24-30)44-37-16-5-7-18-39(37)45(40-19-8-6-17-38(40)44)36-21-9-14-29-11-3-4-15-34(29)36/h1-28H/i3D,4D,9D,11D,14D,15D,21D. The minimum absolute atomic E-state index is 0.0570. The Kier molecular flexibility index (Phi) is 4.34. The summed E-state index contributed by atoms with van der Waals surface area (Å²) < 4.78 is 67.5. The van der Waals surface area contributed by atoms with E-state index in [-0.39, 0.29) is 46.5 Å². The van der Waals surface area contributed by atoms with Crippen LogP contribution >= 0.6 is 0 Å². The van der Waals surface area contributed by atoms with Crippen molar-refractivity contribution in [2.75, 3.05) is 0 Å². The van der Waals surface area contributed by atoms with Crippen molar-refractivity contribution < 1.29 is 14.0 Å². The highest BCUT2D eigenvalue weighted by molar-refractivity contribution is 6.23. The molecule has 0 aliphatic carbocycles. The number of rotatable bonds is 3. The van der Waals surface area contributed by atoms with Gasteiger partial charge < -0.3 is 4.42 Å². The normalized spacial score (nSPS) is 13.9. The summed E-state index contributed by atoms with van der Waals surface area (Å²) in [6, 6.07) is 40.3. The highest BCUT2D eigenvalue weighted by Gasteiger charge is 2.18. The van der Waals surface area contributed by atoms with Crippen LogP contribution in [-0.4, -0.2) is 0 Å². The molecule has 9 aromatic carbocycles. The molecule has 0 fully saturated rings. The molecule has 0 bridgehead atoms. The molecule has 0 radical (unpaired) electrons. The van der Waals surface area contributed by atoms with Gasteiger partial charge >= 0.3 is 0 Å². The number of hydrogen-bond acceptors (Lipinski definition) is 1. The predicted molar refractivity (Wildman–Crippen MR) is 200 cm³/mol. The lowest BCUT2D eigenvalue weighted by Gasteiger charge is -2.19. The third-order valence-corrected chi connectivity index (χ3v) is 9.34. The van der Waals surface area contributed by atoms with Gasteiger partial charge in [0, 0.05) is 10.8 Å². The second-order valence-corrected chi connectivity index (χ2v) is 11.9. The smallest absolute Gasteiger partial charge is 0.136 e. The number of furan rings is 1. The van der Waals surface area contributed by atoms with Gasteiger partial charge in [0.25, 0.3) is 0 Å². The maximum absolute atomic E-state index is 9.19. The van der Waals surface area contributed by atoms with E-state index in [4.69, 9.17) is 12.6 Å². The Balaban J connectivity index is 1.22. The van der Waals surface area contributed by atoms with Crippen LogP contribution in [0.25, 0.3) is 98.4 Å². The van der Waals surface area contributed by atoms with Crippen molar-refractivity contribution in [1.82, 2.24) is 0 Å². The second-order valence-electron chi connectivity index (χ2n) is 11.9. The Hall–Kier alpha value is -6.18. The molecule has 1 heterocycles. The summed E-state index contributed by atoms with van der Waals surface area (Å²) in [5, 5.41) is 7.77. The molecule has 0 saturated carbocycles. The maximum atomic E-state index is 9.19. The minimum Gasteiger partial charge on any atom is -0.456 e. The van der Waals surface area contributed by atoms with E-state index in [1.165, 1.54) is 0 Å². The van der Waals surface area contributed by atoms with Crippen LogP contribution in [0.5, 0.6) is 0 Å². The summed E-state index contributed by atoms with van der Waals surface area (Å²) in [5.41, 5.74) is 6.57. The zero-order chi connectivity index (χ0) is 37.0. The first-order valence-electron chi connectivity index (χ1n) is 19.1. The molecule has 10 rings (SSSR count). The summed E-state index contributed by atoms with van der Waals surface area (Å²) in [7, 11) is 0. The third-order valence-electron chi connectivity index (χ3n) is 9.34. The van der Waals surface area contributed by atoms with Crippen molar-refractivity contribution in [3.05, 3.63) is 170 Å². The highest BCUT2D eigenvalue weighted by atomic mass is 16.3. The largest absolute Gasteiger partial charge is 0.456 e. The summed E-state index contributed by atoms with van der Waals surface area (Å²) >= 11 is 0. The fraction of sp³-hybridized carbons (Fsp3) is 0. The molecule has 0 unspecified atom stereocenters. The molecule has 1 nitrogen and oxygen atoms in total. The molecule has 0 aliphatic rings. The Bertz CT molecular complexity index is 3170. The van der Waals surface area contributed by atoms with Crippen molar-refractivity contribution in [1.29, 1.82) is 0 Å². The quantitative estimate of drug-likeness (QED) is 0.183. The van der Waals surface area contributed by atoms with E-state index in [1.807, 2.05) is 72.8 Å². The van der Waals surface area contributed by atoms with E-state index >= 15 is 0 Å². The average Bonchev–Trinajstić information content (AvgIpc) is 3.57. The van der Waals surface area contributed by atoms with Crippen molar-refractivity contribution >= 4 is 65.0 Å². The van der Waals surface area contributed by atoms with Gasteiger partial charge in [0.15, 0.2) is 0 Å². The SMILES string of the molecule is [2H]c1c([2H])c([2H])c2c(-c3c4ccccc4c(-c4ccc(-c5cccc6oc7cc8ccccc8cc7c56)cc4)c4ccccc34)c([2H])c([2H])c([2H])c2c1[2H]. The minimum atomic E-state index is -0.469. The molecule has 10 aromatic rings. The average molecular weight is 604 g/mol. The lowest BCUT2D eigenvalue weighted by molar-refractivity contribution is 0.669. The van der Waals surface area contributed by atoms with Crippen molar-refractivity contribution in [3.63, 3.8) is 0 Å². The summed E-state index contributed by atoms with van der Waals surface area (Å²) in [6.07, 6.45) is 0. The molecule has 47 heavy (non-hydrogen) atoms. The number of hydrogen-bond donors (Lipinski definition) is 0. The second kappa shape index (κ2) is 10.2. The summed E-state index contributed by atoms with van der Waals surface area (Å²) in [5.74, 6) is 0. The van der Waals surface area contributed by atoms with Crippen LogP contribution in [0.4, 0.5) is 0 Å². The summed E-state index contributed by atoms with van der Waals surface area (Å²) in [6.45, 7) is 0. The van der Waals surface area contributed by atoms with Crippen LogP contribution in [0.2, 0.25) is 0 Å². The van der Waals surface area contributed by atoms with Crippen LogP contribution in [0.15, 0.2) is 174 Å². The molecular weight excluding hydrogens is 569 g/mol. The van der Waals surface area contributed by atoms with Gasteiger partial charge in [0.2, 0.25) is 0 Å². The van der Waals surface area contributed by atoms with Gasteiger partial charge in [0.05, 0.1) is 9.60 Å². The number of fused-ring (bicyclic) bond motifs is 7. The van der Waals surface area contributed by atoms with Gasteiger partial charge in [-0.05, 0) is 94.7 Å². The molecule has 0 spiro atoms. The zero-order valence-electron chi connectivity index (χ0n) is 32.0. The Morgan fingerprint density at radius 2 is 1.00 bits per heavy atom. The van der Waals surface area contributed by atoms with E-state index in [2.05, 4.69) is 54.6 Å². The molecule has 0 aliphatic heterocycles. The molecule has 218 valence electrons. The van der Waals surface area contributed by atoms with Gasteiger partial charge in [-0.3, -0.25) is 0 Å². The van der Waals surface area contributed by atoms with Crippen LogP contribution in [0.1, 0.15) is 9.60 Å². The van der Waals surface area contributed by atoms with Gasteiger partial charge in [0.1, 0.15) is 11.2 Å². The van der Waals surface area contributed by atoms with Gasteiger partial charge in [-0.2, -0.15) is 0 Å². The fourth-order valence-corrected chi connectivity index (χ4v) is 7.28. The lowest BCUT2D eigenvalue weighted by atomic mass is 9.84. The highest BCUT2D eigenvalue weighted by Crippen LogP contribution is 2.46. The van der Waals surface area contributed by atoms with Crippen molar-refractivity contribution in [2.45, 2.75) is 0 Å². The van der Waals surface area contributed by atoms with Gasteiger partial charge in [-0.1, -0.05) is 151 Å². The Morgan fingerprint density at radius 3 is 1.74 bits per heavy atom. The zero-order valence-corrected chi connectivity index (χ0v) is 25.0. The van der Waals surface area contributed by atoms with Gasteiger partial charge in [-0.15, -0.1) is 0 Å². The Labute approximate surface area is 281 Å². The fourth-order valence-electron chi connectivity index (χ4n) is 7.28. The van der Waals surface area contributed by atoms with Crippen LogP contribution in [0.3, 0.4) is 0 Å². The van der Waals surface area contributed by atoms with E-state index in [0.717, 1.165) is 76.5 Å². The predicted octanol–water partition coefficient (Wildman–Crippen LogP) is 13.2. The molecular formula is C46H28O. The van der Waals surface area contributed by atoms with E-state index in [9.17, 15) is 1.37 Å². The van der Waals surface area contributed by atoms with E-state index in [1.54, 1.807) is 0 Å². The molecule has 0 amide bonds. The van der Waals surface area contributed by atoms with E-state index in [0.29, 0.717) is 5.56 Å².